The molecule has 1 saturated carbocycles. The second kappa shape index (κ2) is 9.44. The van der Waals surface area contributed by atoms with Gasteiger partial charge in [0.2, 0.25) is 0 Å². The van der Waals surface area contributed by atoms with E-state index in [1.807, 2.05) is 41.9 Å². The van der Waals surface area contributed by atoms with Gasteiger partial charge < -0.3 is 4.74 Å². The molecule has 1 aliphatic rings. The maximum atomic E-state index is 13.2. The lowest BCUT2D eigenvalue weighted by Crippen LogP contribution is -2.37. The lowest BCUT2D eigenvalue weighted by molar-refractivity contribution is -0.634. The average Bonchev–Trinajstić information content (AvgIpc) is 3.02. The number of hydrogen-bond acceptors (Lipinski definition) is 2. The number of imidazole rings is 1. The fraction of sp³-hybridized carbons (Fsp3) is 0.462. The van der Waals surface area contributed by atoms with Crippen molar-refractivity contribution in [2.75, 3.05) is 0 Å². The molecule has 3 aromatic rings. The van der Waals surface area contributed by atoms with Crippen LogP contribution in [0.15, 0.2) is 42.5 Å². The SMILES string of the molecule is CC(C)[C@@H]1CC[C@@H](C)C[C@H]1OC(=O)Cn1c(-c2ccc(Cl)c(Cl)c2)[n+](C)c2ccccc21. The Morgan fingerprint density at radius 1 is 1.16 bits per heavy atom. The highest BCUT2D eigenvalue weighted by Gasteiger charge is 2.34. The first kappa shape index (κ1) is 23.1. The van der Waals surface area contributed by atoms with Gasteiger partial charge in [0.1, 0.15) is 6.10 Å². The Morgan fingerprint density at radius 2 is 1.91 bits per heavy atom. The summed E-state index contributed by atoms with van der Waals surface area (Å²) >= 11 is 12.5. The van der Waals surface area contributed by atoms with Gasteiger partial charge in [-0.2, -0.15) is 0 Å². The number of carbonyl (C=O) groups excluding carboxylic acids is 1. The Kier molecular flexibility index (Phi) is 6.83. The van der Waals surface area contributed by atoms with Crippen LogP contribution in [0.1, 0.15) is 40.0 Å². The van der Waals surface area contributed by atoms with E-state index < -0.39 is 0 Å². The van der Waals surface area contributed by atoms with Crippen LogP contribution >= 0.6 is 23.2 Å². The maximum Gasteiger partial charge on any atom is 0.348 e. The highest BCUT2D eigenvalue weighted by atomic mass is 35.5. The molecule has 4 nitrogen and oxygen atoms in total. The summed E-state index contributed by atoms with van der Waals surface area (Å²) in [6.45, 7) is 6.85. The standard InChI is InChI=1S/C26H31Cl2N2O2/c1-16(2)19-11-9-17(3)13-24(19)32-25(31)15-30-23-8-6-5-7-22(23)29(4)26(30)18-10-12-20(27)21(28)14-18/h5-8,10,12,14,16-17,19,24H,9,11,13,15H2,1-4H3/q+1/t17-,19+,24-/m1/s1. The van der Waals surface area contributed by atoms with Crippen molar-refractivity contribution in [2.24, 2.45) is 24.8 Å². The first-order chi connectivity index (χ1) is 15.3. The second-order valence-corrected chi connectivity index (χ2v) is 10.3. The van der Waals surface area contributed by atoms with Crippen LogP contribution in [0.4, 0.5) is 0 Å². The summed E-state index contributed by atoms with van der Waals surface area (Å²) in [5.41, 5.74) is 2.91. The number of nitrogens with zero attached hydrogens (tertiary/aromatic N) is 2. The summed E-state index contributed by atoms with van der Waals surface area (Å²) in [6.07, 6.45) is 3.24. The Morgan fingerprint density at radius 3 is 2.62 bits per heavy atom. The van der Waals surface area contributed by atoms with Gasteiger partial charge in [0, 0.05) is 0 Å². The van der Waals surface area contributed by atoms with Gasteiger partial charge in [-0.15, -0.1) is 0 Å². The van der Waals surface area contributed by atoms with E-state index in [1.165, 1.54) is 6.42 Å². The number of halogens is 2. The Balaban J connectivity index is 1.69. The number of hydrogen-bond donors (Lipinski definition) is 0. The number of esters is 1. The van der Waals surface area contributed by atoms with Crippen molar-refractivity contribution in [3.05, 3.63) is 52.5 Å². The predicted molar refractivity (Wildman–Crippen MR) is 130 cm³/mol. The topological polar surface area (TPSA) is 35.1 Å². The van der Waals surface area contributed by atoms with E-state index >= 15 is 0 Å². The molecule has 0 amide bonds. The Bertz CT molecular complexity index is 1140. The quantitative estimate of drug-likeness (QED) is 0.315. The molecule has 1 fully saturated rings. The lowest BCUT2D eigenvalue weighted by Gasteiger charge is -2.36. The van der Waals surface area contributed by atoms with Gasteiger partial charge in [0.05, 0.1) is 22.7 Å². The molecule has 0 bridgehead atoms. The van der Waals surface area contributed by atoms with Crippen LogP contribution in [0.25, 0.3) is 22.4 Å². The molecule has 0 spiro atoms. The number of rotatable bonds is 5. The molecule has 1 heterocycles. The molecule has 6 heteroatoms. The van der Waals surface area contributed by atoms with Crippen LogP contribution in [0, 0.1) is 17.8 Å². The Labute approximate surface area is 200 Å². The van der Waals surface area contributed by atoms with Crippen LogP contribution in [0.3, 0.4) is 0 Å². The molecule has 1 aliphatic carbocycles. The van der Waals surface area contributed by atoms with E-state index in [0.29, 0.717) is 27.8 Å². The van der Waals surface area contributed by atoms with Crippen LogP contribution in [-0.4, -0.2) is 16.6 Å². The van der Waals surface area contributed by atoms with E-state index in [2.05, 4.69) is 31.4 Å². The summed E-state index contributed by atoms with van der Waals surface area (Å²) in [7, 11) is 2.00. The molecule has 4 rings (SSSR count). The van der Waals surface area contributed by atoms with E-state index in [9.17, 15) is 4.79 Å². The van der Waals surface area contributed by atoms with Crippen molar-refractivity contribution >= 4 is 40.2 Å². The van der Waals surface area contributed by atoms with Gasteiger partial charge in [-0.05, 0) is 60.9 Å². The zero-order valence-corrected chi connectivity index (χ0v) is 20.7. The third-order valence-corrected chi connectivity index (χ3v) is 7.56. The monoisotopic (exact) mass is 473 g/mol. The van der Waals surface area contributed by atoms with Gasteiger partial charge in [-0.25, -0.2) is 13.9 Å². The molecule has 0 radical (unpaired) electrons. The molecular formula is C26H31Cl2N2O2+. The molecule has 3 atom stereocenters. The third-order valence-electron chi connectivity index (χ3n) is 6.82. The molecule has 32 heavy (non-hydrogen) atoms. The zero-order chi connectivity index (χ0) is 23.0. The first-order valence-electron chi connectivity index (χ1n) is 11.4. The maximum absolute atomic E-state index is 13.2. The van der Waals surface area contributed by atoms with Crippen molar-refractivity contribution in [1.29, 1.82) is 0 Å². The van der Waals surface area contributed by atoms with Crippen molar-refractivity contribution in [2.45, 2.75) is 52.7 Å². The minimum atomic E-state index is -0.197. The van der Waals surface area contributed by atoms with E-state index in [-0.39, 0.29) is 18.6 Å². The smallest absolute Gasteiger partial charge is 0.348 e. The number of aromatic nitrogens is 2. The van der Waals surface area contributed by atoms with Crippen LogP contribution in [0.5, 0.6) is 0 Å². The van der Waals surface area contributed by atoms with E-state index in [1.54, 1.807) is 6.07 Å². The van der Waals surface area contributed by atoms with Crippen LogP contribution in [0.2, 0.25) is 10.0 Å². The van der Waals surface area contributed by atoms with E-state index in [0.717, 1.165) is 35.3 Å². The fourth-order valence-electron chi connectivity index (χ4n) is 5.12. The normalized spacial score (nSPS) is 21.3. The van der Waals surface area contributed by atoms with Crippen molar-refractivity contribution in [3.63, 3.8) is 0 Å². The molecule has 170 valence electrons. The van der Waals surface area contributed by atoms with Crippen molar-refractivity contribution in [3.8, 4) is 11.4 Å². The van der Waals surface area contributed by atoms with E-state index in [4.69, 9.17) is 27.9 Å². The molecule has 0 unspecified atom stereocenters. The zero-order valence-electron chi connectivity index (χ0n) is 19.1. The van der Waals surface area contributed by atoms with Crippen molar-refractivity contribution < 1.29 is 14.1 Å². The number of fused-ring (bicyclic) bond motifs is 1. The first-order valence-corrected chi connectivity index (χ1v) is 12.1. The van der Waals surface area contributed by atoms with Crippen LogP contribution in [-0.2, 0) is 23.1 Å². The minimum Gasteiger partial charge on any atom is -0.459 e. The third kappa shape index (κ3) is 4.53. The molecule has 0 aliphatic heterocycles. The summed E-state index contributed by atoms with van der Waals surface area (Å²) in [6, 6.07) is 13.6. The number of carbonyl (C=O) groups is 1. The van der Waals surface area contributed by atoms with Gasteiger partial charge >= 0.3 is 5.97 Å². The lowest BCUT2D eigenvalue weighted by atomic mass is 9.75. The highest BCUT2D eigenvalue weighted by molar-refractivity contribution is 6.42. The Hall–Kier alpha value is -2.04. The number of ether oxygens (including phenoxy) is 1. The molecule has 1 aromatic heterocycles. The van der Waals surface area contributed by atoms with Crippen LogP contribution < -0.4 is 4.57 Å². The minimum absolute atomic E-state index is 0.0183. The van der Waals surface area contributed by atoms with Gasteiger partial charge in [0.15, 0.2) is 17.6 Å². The number of para-hydroxylation sites is 2. The number of benzene rings is 2. The molecule has 0 saturated heterocycles. The molecular weight excluding hydrogens is 443 g/mol. The summed E-state index contributed by atoms with van der Waals surface area (Å²) < 4.78 is 10.2. The van der Waals surface area contributed by atoms with Crippen molar-refractivity contribution in [1.82, 2.24) is 4.57 Å². The molecule has 0 N–H and O–H groups in total. The summed E-state index contributed by atoms with van der Waals surface area (Å²) in [4.78, 5) is 13.2. The summed E-state index contributed by atoms with van der Waals surface area (Å²) in [5.74, 6) is 2.19. The summed E-state index contributed by atoms with van der Waals surface area (Å²) in [5, 5.41) is 0.991. The number of aryl methyl sites for hydroxylation is 1. The average molecular weight is 474 g/mol. The van der Waals surface area contributed by atoms with Gasteiger partial charge in [0.25, 0.3) is 5.82 Å². The molecule has 2 aromatic carbocycles. The second-order valence-electron chi connectivity index (χ2n) is 9.44. The largest absolute Gasteiger partial charge is 0.459 e. The highest BCUT2D eigenvalue weighted by Crippen LogP contribution is 2.36. The van der Waals surface area contributed by atoms with Gasteiger partial charge in [-0.1, -0.05) is 62.5 Å². The van der Waals surface area contributed by atoms with Gasteiger partial charge in [-0.3, -0.25) is 0 Å². The fourth-order valence-corrected chi connectivity index (χ4v) is 5.41. The predicted octanol–water partition coefficient (Wildman–Crippen LogP) is 6.44.